The first-order chi connectivity index (χ1) is 8.08. The van der Waals surface area contributed by atoms with Crippen LogP contribution < -0.4 is 0 Å². The number of hydrogen-bond acceptors (Lipinski definition) is 6. The van der Waals surface area contributed by atoms with Crippen molar-refractivity contribution in [2.75, 3.05) is 7.11 Å². The van der Waals surface area contributed by atoms with Crippen molar-refractivity contribution >= 4 is 0 Å². The summed E-state index contributed by atoms with van der Waals surface area (Å²) in [6.45, 7) is 3.99. The van der Waals surface area contributed by atoms with Gasteiger partial charge >= 0.3 is 0 Å². The van der Waals surface area contributed by atoms with Crippen LogP contribution in [0.2, 0.25) is 0 Å². The van der Waals surface area contributed by atoms with Gasteiger partial charge < -0.3 is 14.4 Å². The largest absolute Gasteiger partial charge is 0.392 e. The maximum atomic E-state index is 9.44. The zero-order valence-electron chi connectivity index (χ0n) is 10.3. The lowest BCUT2D eigenvalue weighted by atomic mass is 10.1. The van der Waals surface area contributed by atoms with Crippen LogP contribution in [0.15, 0.2) is 4.52 Å². The zero-order valence-corrected chi connectivity index (χ0v) is 10.3. The van der Waals surface area contributed by atoms with E-state index < -0.39 is 6.10 Å². The molecule has 0 amide bonds. The van der Waals surface area contributed by atoms with Gasteiger partial charge in [-0.15, -0.1) is 0 Å². The van der Waals surface area contributed by atoms with Crippen LogP contribution in [0.5, 0.6) is 0 Å². The van der Waals surface area contributed by atoms with Gasteiger partial charge in [0.05, 0.1) is 25.0 Å². The van der Waals surface area contributed by atoms with E-state index in [-0.39, 0.29) is 24.9 Å². The summed E-state index contributed by atoms with van der Waals surface area (Å²) in [6, 6.07) is 1.88. The van der Waals surface area contributed by atoms with Gasteiger partial charge in [-0.1, -0.05) is 19.0 Å². The van der Waals surface area contributed by atoms with Gasteiger partial charge in [-0.3, -0.25) is 0 Å². The lowest BCUT2D eigenvalue weighted by Crippen LogP contribution is -2.12. The smallest absolute Gasteiger partial charge is 0.229 e. The van der Waals surface area contributed by atoms with E-state index in [2.05, 4.69) is 10.1 Å². The molecule has 0 bridgehead atoms. The Kier molecular flexibility index (Phi) is 5.07. The van der Waals surface area contributed by atoms with Gasteiger partial charge in [0.15, 0.2) is 0 Å². The highest BCUT2D eigenvalue weighted by atomic mass is 16.5. The summed E-state index contributed by atoms with van der Waals surface area (Å²) >= 11 is 0. The van der Waals surface area contributed by atoms with E-state index in [1.165, 1.54) is 0 Å². The van der Waals surface area contributed by atoms with E-state index in [1.807, 2.05) is 19.9 Å². The van der Waals surface area contributed by atoms with E-state index in [1.54, 1.807) is 7.11 Å². The molecule has 6 nitrogen and oxygen atoms in total. The molecule has 1 aromatic heterocycles. The number of hydrogen-bond donors (Lipinski definition) is 1. The van der Waals surface area contributed by atoms with Gasteiger partial charge in [-0.25, -0.2) is 0 Å². The van der Waals surface area contributed by atoms with Gasteiger partial charge in [0.2, 0.25) is 11.7 Å². The number of nitriles is 1. The highest BCUT2D eigenvalue weighted by Crippen LogP contribution is 2.22. The van der Waals surface area contributed by atoms with Gasteiger partial charge in [-0.05, 0) is 5.92 Å². The van der Waals surface area contributed by atoms with Gasteiger partial charge in [0.25, 0.3) is 0 Å². The van der Waals surface area contributed by atoms with Crippen LogP contribution in [0.25, 0.3) is 0 Å². The standard InChI is InChI=1S/C11H17N3O3/c1-7(2)10(16-3)11-13-9(17-14-11)6-8(15)4-5-12/h7-8,10,15H,4,6H2,1-3H3. The molecule has 1 N–H and O–H groups in total. The topological polar surface area (TPSA) is 92.2 Å². The minimum absolute atomic E-state index is 0.0512. The van der Waals surface area contributed by atoms with E-state index in [0.29, 0.717) is 11.7 Å². The molecule has 17 heavy (non-hydrogen) atoms. The minimum Gasteiger partial charge on any atom is -0.392 e. The third-order valence-electron chi connectivity index (χ3n) is 2.33. The van der Waals surface area contributed by atoms with Gasteiger partial charge in [0.1, 0.15) is 6.10 Å². The SMILES string of the molecule is COC(c1noc(CC(O)CC#N)n1)C(C)C. The normalized spacial score (nSPS) is 14.6. The summed E-state index contributed by atoms with van der Waals surface area (Å²) in [7, 11) is 1.59. The average Bonchev–Trinajstić information content (AvgIpc) is 2.67. The third-order valence-corrected chi connectivity index (χ3v) is 2.33. The molecule has 0 aromatic carbocycles. The highest BCUT2D eigenvalue weighted by Gasteiger charge is 2.22. The Bertz CT molecular complexity index is 384. The van der Waals surface area contributed by atoms with Gasteiger partial charge in [0, 0.05) is 7.11 Å². The van der Waals surface area contributed by atoms with Crippen molar-refractivity contribution in [3.05, 3.63) is 11.7 Å². The molecule has 2 unspecified atom stereocenters. The lowest BCUT2D eigenvalue weighted by Gasteiger charge is -2.14. The molecule has 1 aromatic rings. The van der Waals surface area contributed by atoms with Crippen molar-refractivity contribution < 1.29 is 14.4 Å². The number of nitrogens with zero attached hydrogens (tertiary/aromatic N) is 3. The Morgan fingerprint density at radius 2 is 2.24 bits per heavy atom. The summed E-state index contributed by atoms with van der Waals surface area (Å²) < 4.78 is 10.3. The Balaban J connectivity index is 2.68. The summed E-state index contributed by atoms with van der Waals surface area (Å²) in [5.74, 6) is 1.03. The van der Waals surface area contributed by atoms with Crippen molar-refractivity contribution in [2.24, 2.45) is 5.92 Å². The fourth-order valence-corrected chi connectivity index (χ4v) is 1.52. The first-order valence-corrected chi connectivity index (χ1v) is 5.48. The molecule has 1 heterocycles. The average molecular weight is 239 g/mol. The summed E-state index contributed by atoms with van der Waals surface area (Å²) in [4.78, 5) is 4.15. The molecule has 2 atom stereocenters. The Hall–Kier alpha value is -1.45. The monoisotopic (exact) mass is 239 g/mol. The van der Waals surface area contributed by atoms with Crippen LogP contribution in [0, 0.1) is 17.2 Å². The first-order valence-electron chi connectivity index (χ1n) is 5.48. The highest BCUT2D eigenvalue weighted by molar-refractivity contribution is 4.94. The van der Waals surface area contributed by atoms with Crippen LogP contribution in [-0.2, 0) is 11.2 Å². The molecule has 0 radical (unpaired) electrons. The third kappa shape index (κ3) is 3.80. The number of aromatic nitrogens is 2. The Labute approximate surface area is 100 Å². The second-order valence-electron chi connectivity index (χ2n) is 4.17. The Morgan fingerprint density at radius 3 is 2.76 bits per heavy atom. The van der Waals surface area contributed by atoms with Crippen molar-refractivity contribution in [3.63, 3.8) is 0 Å². The number of aliphatic hydroxyl groups excluding tert-OH is 1. The zero-order chi connectivity index (χ0) is 12.8. The molecule has 0 fully saturated rings. The summed E-state index contributed by atoms with van der Waals surface area (Å²) in [5, 5.41) is 21.7. The van der Waals surface area contributed by atoms with Crippen LogP contribution in [0.3, 0.4) is 0 Å². The summed E-state index contributed by atoms with van der Waals surface area (Å²) in [5.41, 5.74) is 0. The van der Waals surface area contributed by atoms with Crippen LogP contribution in [0.4, 0.5) is 0 Å². The van der Waals surface area contributed by atoms with E-state index >= 15 is 0 Å². The molecule has 94 valence electrons. The van der Waals surface area contributed by atoms with Gasteiger partial charge in [-0.2, -0.15) is 10.2 Å². The fraction of sp³-hybridized carbons (Fsp3) is 0.727. The second kappa shape index (κ2) is 6.33. The lowest BCUT2D eigenvalue weighted by molar-refractivity contribution is 0.0555. The molecular weight excluding hydrogens is 222 g/mol. The molecule has 0 aliphatic heterocycles. The molecule has 0 aliphatic rings. The van der Waals surface area contributed by atoms with Crippen LogP contribution in [-0.4, -0.2) is 28.5 Å². The molecule has 0 saturated heterocycles. The maximum Gasteiger partial charge on any atom is 0.229 e. The number of methoxy groups -OCH3 is 1. The van der Waals surface area contributed by atoms with Crippen molar-refractivity contribution in [1.82, 2.24) is 10.1 Å². The van der Waals surface area contributed by atoms with E-state index in [0.717, 1.165) is 0 Å². The molecule has 0 aliphatic carbocycles. The molecule has 1 rings (SSSR count). The summed E-state index contributed by atoms with van der Waals surface area (Å²) in [6.07, 6.45) is -0.751. The van der Waals surface area contributed by atoms with Crippen molar-refractivity contribution in [2.45, 2.75) is 38.9 Å². The number of rotatable bonds is 6. The van der Waals surface area contributed by atoms with Crippen LogP contribution >= 0.6 is 0 Å². The quantitative estimate of drug-likeness (QED) is 0.802. The minimum atomic E-state index is -0.770. The van der Waals surface area contributed by atoms with Crippen molar-refractivity contribution in [1.29, 1.82) is 5.26 Å². The number of ether oxygens (including phenoxy) is 1. The Morgan fingerprint density at radius 1 is 1.53 bits per heavy atom. The second-order valence-corrected chi connectivity index (χ2v) is 4.17. The predicted molar refractivity (Wildman–Crippen MR) is 58.8 cm³/mol. The van der Waals surface area contributed by atoms with E-state index in [9.17, 15) is 5.11 Å². The molecule has 6 heteroatoms. The molecular formula is C11H17N3O3. The van der Waals surface area contributed by atoms with E-state index in [4.69, 9.17) is 14.5 Å². The predicted octanol–water partition coefficient (Wildman–Crippen LogP) is 1.23. The molecule has 0 spiro atoms. The maximum absolute atomic E-state index is 9.44. The first kappa shape index (κ1) is 13.6. The number of aliphatic hydroxyl groups is 1. The van der Waals surface area contributed by atoms with Crippen LogP contribution in [0.1, 0.15) is 38.1 Å². The fourth-order valence-electron chi connectivity index (χ4n) is 1.52. The van der Waals surface area contributed by atoms with Crippen molar-refractivity contribution in [3.8, 4) is 6.07 Å². The molecule has 0 saturated carbocycles.